The molecular formula is C23H27NO5. The molecule has 2 aromatic carbocycles. The van der Waals surface area contributed by atoms with E-state index in [9.17, 15) is 10.1 Å². The van der Waals surface area contributed by atoms with Gasteiger partial charge in [-0.3, -0.25) is 10.1 Å². The third-order valence-corrected chi connectivity index (χ3v) is 4.97. The van der Waals surface area contributed by atoms with Crippen molar-refractivity contribution < 1.29 is 19.1 Å². The zero-order chi connectivity index (χ0) is 20.5. The van der Waals surface area contributed by atoms with E-state index < -0.39 is 6.10 Å². The second kappa shape index (κ2) is 10.9. The minimum Gasteiger partial charge on any atom is -0.369 e. The first kappa shape index (κ1) is 21.2. The summed E-state index contributed by atoms with van der Waals surface area (Å²) in [5, 5.41) is 10.9. The Kier molecular flexibility index (Phi) is 7.93. The zero-order valence-corrected chi connectivity index (χ0v) is 16.4. The fraction of sp³-hybridized carbons (Fsp3) is 0.391. The molecule has 2 aromatic rings. The maximum Gasteiger partial charge on any atom is 0.206 e. The normalized spacial score (nSPS) is 23.7. The standard InChI is InChI=1S/C23H27NO5/c1-2-9-20-22(27-16-18-10-5-3-6-11-18)23(21(29-20)14-15-24(25)26)28-17-19-12-7-4-8-13-19/h2-8,10-13,20-23H,1,9,14-17H2/t20-,21-,22+,23-/m1/s1. The van der Waals surface area contributed by atoms with Gasteiger partial charge in [-0.15, -0.1) is 6.58 Å². The van der Waals surface area contributed by atoms with E-state index in [0.717, 1.165) is 11.1 Å². The van der Waals surface area contributed by atoms with Gasteiger partial charge < -0.3 is 14.2 Å². The highest BCUT2D eigenvalue weighted by molar-refractivity contribution is 5.14. The molecule has 1 heterocycles. The second-order valence-electron chi connectivity index (χ2n) is 7.10. The van der Waals surface area contributed by atoms with Gasteiger partial charge >= 0.3 is 0 Å². The molecule has 6 nitrogen and oxygen atoms in total. The number of rotatable bonds is 11. The monoisotopic (exact) mass is 397 g/mol. The molecule has 1 fully saturated rings. The van der Waals surface area contributed by atoms with Crippen molar-refractivity contribution in [1.29, 1.82) is 0 Å². The number of hydrogen-bond donors (Lipinski definition) is 0. The van der Waals surface area contributed by atoms with E-state index in [1.54, 1.807) is 6.08 Å². The summed E-state index contributed by atoms with van der Waals surface area (Å²) >= 11 is 0. The van der Waals surface area contributed by atoms with Gasteiger partial charge in [0.05, 0.1) is 25.4 Å². The van der Waals surface area contributed by atoms with Crippen LogP contribution in [-0.4, -0.2) is 35.9 Å². The van der Waals surface area contributed by atoms with Crippen molar-refractivity contribution in [1.82, 2.24) is 0 Å². The van der Waals surface area contributed by atoms with Crippen molar-refractivity contribution >= 4 is 0 Å². The van der Waals surface area contributed by atoms with Crippen LogP contribution in [0.2, 0.25) is 0 Å². The molecule has 0 bridgehead atoms. The fourth-order valence-electron chi connectivity index (χ4n) is 3.56. The lowest BCUT2D eigenvalue weighted by molar-refractivity contribution is -0.482. The van der Waals surface area contributed by atoms with E-state index in [-0.39, 0.29) is 36.2 Å². The van der Waals surface area contributed by atoms with Gasteiger partial charge in [0.1, 0.15) is 12.2 Å². The molecule has 0 saturated carbocycles. The summed E-state index contributed by atoms with van der Waals surface area (Å²) in [6, 6.07) is 19.7. The van der Waals surface area contributed by atoms with E-state index in [2.05, 4.69) is 6.58 Å². The van der Waals surface area contributed by atoms with Gasteiger partial charge in [0, 0.05) is 11.3 Å². The maximum atomic E-state index is 10.9. The lowest BCUT2D eigenvalue weighted by atomic mass is 10.0. The smallest absolute Gasteiger partial charge is 0.206 e. The van der Waals surface area contributed by atoms with Gasteiger partial charge in [-0.25, -0.2) is 0 Å². The van der Waals surface area contributed by atoms with Crippen LogP contribution in [0.3, 0.4) is 0 Å². The Morgan fingerprint density at radius 3 is 1.93 bits per heavy atom. The van der Waals surface area contributed by atoms with Crippen LogP contribution in [-0.2, 0) is 27.4 Å². The van der Waals surface area contributed by atoms with E-state index in [4.69, 9.17) is 14.2 Å². The summed E-state index contributed by atoms with van der Waals surface area (Å²) in [6.07, 6.45) is 1.32. The number of nitrogens with zero attached hydrogens (tertiary/aromatic N) is 1. The summed E-state index contributed by atoms with van der Waals surface area (Å²) in [7, 11) is 0. The molecule has 1 aliphatic heterocycles. The van der Waals surface area contributed by atoms with E-state index >= 15 is 0 Å². The van der Waals surface area contributed by atoms with Crippen LogP contribution in [0.15, 0.2) is 73.3 Å². The van der Waals surface area contributed by atoms with Crippen LogP contribution in [0.1, 0.15) is 24.0 Å². The average molecular weight is 397 g/mol. The van der Waals surface area contributed by atoms with Crippen molar-refractivity contribution in [3.63, 3.8) is 0 Å². The van der Waals surface area contributed by atoms with Crippen LogP contribution in [0.4, 0.5) is 0 Å². The summed E-state index contributed by atoms with van der Waals surface area (Å²) in [4.78, 5) is 10.6. The van der Waals surface area contributed by atoms with Gasteiger partial charge in [-0.1, -0.05) is 66.7 Å². The predicted octanol–water partition coefficient (Wildman–Crippen LogP) is 4.17. The quantitative estimate of drug-likeness (QED) is 0.323. The molecule has 0 aliphatic carbocycles. The lowest BCUT2D eigenvalue weighted by Crippen LogP contribution is -2.38. The van der Waals surface area contributed by atoms with Gasteiger partial charge in [-0.2, -0.15) is 0 Å². The molecule has 0 amide bonds. The van der Waals surface area contributed by atoms with E-state index in [0.29, 0.717) is 19.6 Å². The summed E-state index contributed by atoms with van der Waals surface area (Å²) in [5.74, 6) is 0. The average Bonchev–Trinajstić information content (AvgIpc) is 3.07. The van der Waals surface area contributed by atoms with Crippen molar-refractivity contribution in [3.05, 3.63) is 94.6 Å². The first-order valence-corrected chi connectivity index (χ1v) is 9.86. The predicted molar refractivity (Wildman–Crippen MR) is 110 cm³/mol. The molecular weight excluding hydrogens is 370 g/mol. The minimum absolute atomic E-state index is 0.165. The maximum absolute atomic E-state index is 10.9. The first-order chi connectivity index (χ1) is 14.2. The fourth-order valence-corrected chi connectivity index (χ4v) is 3.56. The summed E-state index contributed by atoms with van der Waals surface area (Å²) < 4.78 is 18.6. The van der Waals surface area contributed by atoms with Crippen molar-refractivity contribution in [3.8, 4) is 0 Å². The van der Waals surface area contributed by atoms with Crippen LogP contribution in [0.25, 0.3) is 0 Å². The summed E-state index contributed by atoms with van der Waals surface area (Å²) in [5.41, 5.74) is 2.09. The number of benzene rings is 2. The third kappa shape index (κ3) is 6.22. The highest BCUT2D eigenvalue weighted by Gasteiger charge is 2.46. The molecule has 0 radical (unpaired) electrons. The molecule has 0 N–H and O–H groups in total. The van der Waals surface area contributed by atoms with Gasteiger partial charge in [0.25, 0.3) is 0 Å². The van der Waals surface area contributed by atoms with Crippen LogP contribution in [0, 0.1) is 10.1 Å². The number of nitro groups is 1. The summed E-state index contributed by atoms with van der Waals surface area (Å²) in [6.45, 7) is 4.47. The topological polar surface area (TPSA) is 70.8 Å². The number of ether oxygens (including phenoxy) is 3. The van der Waals surface area contributed by atoms with Gasteiger partial charge in [0.15, 0.2) is 0 Å². The molecule has 0 aromatic heterocycles. The van der Waals surface area contributed by atoms with Crippen molar-refractivity contribution in [2.24, 2.45) is 0 Å². The molecule has 3 rings (SSSR count). The largest absolute Gasteiger partial charge is 0.369 e. The Labute approximate surface area is 171 Å². The lowest BCUT2D eigenvalue weighted by Gasteiger charge is -2.24. The Morgan fingerprint density at radius 1 is 0.931 bits per heavy atom. The molecule has 4 atom stereocenters. The highest BCUT2D eigenvalue weighted by Crippen LogP contribution is 2.32. The highest BCUT2D eigenvalue weighted by atomic mass is 16.6. The van der Waals surface area contributed by atoms with E-state index in [1.165, 1.54) is 0 Å². The molecule has 6 heteroatoms. The SMILES string of the molecule is C=CC[C@H]1O[C@H](CC[N+](=O)[O-])[C@@H](OCc2ccccc2)[C@H]1OCc1ccccc1. The van der Waals surface area contributed by atoms with Crippen LogP contribution >= 0.6 is 0 Å². The van der Waals surface area contributed by atoms with Gasteiger partial charge in [0.2, 0.25) is 6.54 Å². The van der Waals surface area contributed by atoms with Crippen molar-refractivity contribution in [2.45, 2.75) is 50.5 Å². The molecule has 154 valence electrons. The minimum atomic E-state index is -0.394. The third-order valence-electron chi connectivity index (χ3n) is 4.97. The van der Waals surface area contributed by atoms with Gasteiger partial charge in [-0.05, 0) is 17.5 Å². The Hall–Kier alpha value is -2.54. The first-order valence-electron chi connectivity index (χ1n) is 9.86. The van der Waals surface area contributed by atoms with Crippen LogP contribution < -0.4 is 0 Å². The molecule has 0 spiro atoms. The molecule has 1 saturated heterocycles. The Morgan fingerprint density at radius 2 is 1.45 bits per heavy atom. The second-order valence-corrected chi connectivity index (χ2v) is 7.10. The molecule has 29 heavy (non-hydrogen) atoms. The molecule has 1 aliphatic rings. The molecule has 0 unspecified atom stereocenters. The Balaban J connectivity index is 1.73. The van der Waals surface area contributed by atoms with E-state index in [1.807, 2.05) is 60.7 Å². The Bertz CT molecular complexity index is 767. The number of hydrogen-bond acceptors (Lipinski definition) is 5. The van der Waals surface area contributed by atoms with Crippen molar-refractivity contribution in [2.75, 3.05) is 6.54 Å². The van der Waals surface area contributed by atoms with Crippen LogP contribution in [0.5, 0.6) is 0 Å². The zero-order valence-electron chi connectivity index (χ0n) is 16.4.